The smallest absolute Gasteiger partial charge is 0.415 e. The van der Waals surface area contributed by atoms with Gasteiger partial charge in [0.2, 0.25) is 0 Å². The fourth-order valence-electron chi connectivity index (χ4n) is 9.24. The standard InChI is InChI=1S/C41H47F4N7O5/c1-4-52(25(2)41(43,44)45)38(54)57-28-20-27-11-5-10-26-12-6-19-55-37(53)49-39(3)13-7-16-50(23-39)35-30-22-46-33(29(21-28)31(26)27)32(42)34(30)47-36(48-35)56-24-40-14-8-17-51(40)18-9-15-40/h5,10-11,20-22,25H,4,6-9,12-19,23-24H2,1-3H3,(H,49,53). The SMILES string of the molecule is CCN(C(=O)Oc1cc2c3c(cccc3c1)CCCOC(=O)NC1(C)CCCN(C1)c1nc(OCC34CCCN3CCC4)nc3c(F)c-2ncc13)C(C)C(F)(F)F. The van der Waals surface area contributed by atoms with Crippen LogP contribution in [0.2, 0.25) is 0 Å². The van der Waals surface area contributed by atoms with Gasteiger partial charge < -0.3 is 24.4 Å². The number of hydrogen-bond donors (Lipinski definition) is 1. The van der Waals surface area contributed by atoms with Gasteiger partial charge in [0, 0.05) is 31.4 Å². The first-order valence-corrected chi connectivity index (χ1v) is 19.8. The maximum Gasteiger partial charge on any atom is 0.415 e. The number of fused-ring (bicyclic) bond motifs is 7. The van der Waals surface area contributed by atoms with Crippen molar-refractivity contribution in [1.82, 2.24) is 30.1 Å². The van der Waals surface area contributed by atoms with E-state index >= 15 is 4.39 Å². The van der Waals surface area contributed by atoms with Crippen LogP contribution in [-0.2, 0) is 11.2 Å². The number of benzene rings is 2. The number of nitrogens with one attached hydrogen (secondary N) is 1. The number of carbonyl (C=O) groups is 2. The van der Waals surface area contributed by atoms with Crippen molar-refractivity contribution in [3.63, 3.8) is 0 Å². The summed E-state index contributed by atoms with van der Waals surface area (Å²) >= 11 is 0. The molecule has 9 rings (SSSR count). The molecule has 0 saturated carbocycles. The van der Waals surface area contributed by atoms with E-state index < -0.39 is 35.8 Å². The van der Waals surface area contributed by atoms with Crippen LogP contribution in [0.4, 0.5) is 33.0 Å². The average Bonchev–Trinajstić information content (AvgIpc) is 3.76. The van der Waals surface area contributed by atoms with Gasteiger partial charge in [-0.25, -0.2) is 14.0 Å². The Hall–Kier alpha value is -4.99. The van der Waals surface area contributed by atoms with Crippen LogP contribution in [0.1, 0.15) is 71.3 Å². The largest absolute Gasteiger partial charge is 0.461 e. The van der Waals surface area contributed by atoms with Gasteiger partial charge in [0.05, 0.1) is 23.1 Å². The summed E-state index contributed by atoms with van der Waals surface area (Å²) in [5.74, 6) is -0.433. The van der Waals surface area contributed by atoms with Crippen LogP contribution in [0.5, 0.6) is 11.8 Å². The Bertz CT molecular complexity index is 2190. The van der Waals surface area contributed by atoms with E-state index in [0.29, 0.717) is 72.3 Å². The number of aromatic nitrogens is 3. The molecular weight excluding hydrogens is 746 g/mol. The number of piperidine rings is 1. The van der Waals surface area contributed by atoms with E-state index in [0.717, 1.165) is 51.3 Å². The zero-order chi connectivity index (χ0) is 40.1. The zero-order valence-electron chi connectivity index (χ0n) is 32.4. The Labute approximate surface area is 327 Å². The molecule has 7 heterocycles. The molecule has 6 bridgehead atoms. The molecule has 2 aromatic heterocycles. The van der Waals surface area contributed by atoms with Crippen LogP contribution in [0.15, 0.2) is 36.5 Å². The molecule has 12 nitrogen and oxygen atoms in total. The summed E-state index contributed by atoms with van der Waals surface area (Å²) in [7, 11) is 0. The third kappa shape index (κ3) is 7.48. The van der Waals surface area contributed by atoms with E-state index in [2.05, 4.69) is 20.2 Å². The second-order valence-electron chi connectivity index (χ2n) is 16.0. The Morgan fingerprint density at radius 1 is 1.09 bits per heavy atom. The van der Waals surface area contributed by atoms with E-state index in [1.807, 2.05) is 17.9 Å². The molecule has 4 aromatic rings. The molecule has 0 radical (unpaired) electrons. The van der Waals surface area contributed by atoms with Gasteiger partial charge in [-0.1, -0.05) is 18.2 Å². The van der Waals surface area contributed by atoms with Crippen LogP contribution in [0.25, 0.3) is 32.9 Å². The molecule has 5 aliphatic rings. The van der Waals surface area contributed by atoms with Crippen molar-refractivity contribution in [1.29, 1.82) is 0 Å². The number of alkyl halides is 3. The number of alkyl carbamates (subject to hydrolysis) is 1. The summed E-state index contributed by atoms with van der Waals surface area (Å²) in [5.41, 5.74) is 0.0942. The zero-order valence-corrected chi connectivity index (χ0v) is 32.4. The van der Waals surface area contributed by atoms with Gasteiger partial charge in [0.25, 0.3) is 0 Å². The number of aryl methyl sites for hydroxylation is 1. The van der Waals surface area contributed by atoms with Crippen molar-refractivity contribution in [3.05, 3.63) is 47.9 Å². The quantitative estimate of drug-likeness (QED) is 0.194. The second kappa shape index (κ2) is 15.1. The molecular formula is C41H47F4N7O5. The molecule has 0 spiro atoms. The van der Waals surface area contributed by atoms with Crippen molar-refractivity contribution < 1.29 is 41.4 Å². The summed E-state index contributed by atoms with van der Waals surface area (Å²) < 4.78 is 76.2. The number of hydrogen-bond acceptors (Lipinski definition) is 10. The van der Waals surface area contributed by atoms with Crippen molar-refractivity contribution in [2.24, 2.45) is 0 Å². The lowest BCUT2D eigenvalue weighted by Gasteiger charge is -2.41. The Morgan fingerprint density at radius 2 is 1.86 bits per heavy atom. The maximum absolute atomic E-state index is 17.5. The first-order chi connectivity index (χ1) is 27.3. The number of pyridine rings is 1. The molecule has 2 amide bonds. The highest BCUT2D eigenvalue weighted by Crippen LogP contribution is 2.42. The maximum atomic E-state index is 17.5. The number of halogens is 4. The molecule has 3 saturated heterocycles. The molecule has 2 aromatic carbocycles. The van der Waals surface area contributed by atoms with Gasteiger partial charge >= 0.3 is 24.4 Å². The van der Waals surface area contributed by atoms with Crippen molar-refractivity contribution in [2.45, 2.75) is 95.4 Å². The molecule has 5 aliphatic heterocycles. The van der Waals surface area contributed by atoms with Crippen LogP contribution < -0.4 is 19.7 Å². The van der Waals surface area contributed by atoms with Crippen molar-refractivity contribution in [3.8, 4) is 23.0 Å². The van der Waals surface area contributed by atoms with E-state index in [1.54, 1.807) is 12.1 Å². The predicted octanol–water partition coefficient (Wildman–Crippen LogP) is 7.79. The minimum atomic E-state index is -4.68. The average molecular weight is 794 g/mol. The minimum Gasteiger partial charge on any atom is -0.461 e. The number of carbonyl (C=O) groups excluding carboxylic acids is 2. The molecule has 1 N–H and O–H groups in total. The van der Waals surface area contributed by atoms with Crippen LogP contribution in [0.3, 0.4) is 0 Å². The third-order valence-corrected chi connectivity index (χ3v) is 12.2. The molecule has 2 unspecified atom stereocenters. The summed E-state index contributed by atoms with van der Waals surface area (Å²) in [6, 6.07) is 6.27. The first kappa shape index (κ1) is 38.9. The van der Waals surface area contributed by atoms with E-state index in [1.165, 1.54) is 25.3 Å². The summed E-state index contributed by atoms with van der Waals surface area (Å²) in [4.78, 5) is 45.7. The number of anilines is 1. The molecule has 0 aliphatic carbocycles. The molecule has 304 valence electrons. The fraction of sp³-hybridized carbons (Fsp3) is 0.537. The molecule has 16 heteroatoms. The number of rotatable bonds is 6. The monoisotopic (exact) mass is 793 g/mol. The van der Waals surface area contributed by atoms with Crippen LogP contribution >= 0.6 is 0 Å². The molecule has 2 atom stereocenters. The number of ether oxygens (including phenoxy) is 3. The van der Waals surface area contributed by atoms with Gasteiger partial charge in [-0.05, 0) is 114 Å². The Balaban J connectivity index is 1.28. The van der Waals surface area contributed by atoms with Crippen molar-refractivity contribution >= 4 is 39.7 Å². The number of amides is 2. The highest BCUT2D eigenvalue weighted by molar-refractivity contribution is 6.02. The lowest BCUT2D eigenvalue weighted by atomic mass is 9.91. The predicted molar refractivity (Wildman–Crippen MR) is 205 cm³/mol. The second-order valence-corrected chi connectivity index (χ2v) is 16.0. The first-order valence-electron chi connectivity index (χ1n) is 19.8. The lowest BCUT2D eigenvalue weighted by Crippen LogP contribution is -2.57. The van der Waals surface area contributed by atoms with Gasteiger partial charge in [-0.3, -0.25) is 14.8 Å². The van der Waals surface area contributed by atoms with Gasteiger partial charge in [-0.2, -0.15) is 23.1 Å². The molecule has 57 heavy (non-hydrogen) atoms. The molecule has 3 fully saturated rings. The fourth-order valence-corrected chi connectivity index (χ4v) is 9.24. The van der Waals surface area contributed by atoms with E-state index in [4.69, 9.17) is 19.2 Å². The Kier molecular flexibility index (Phi) is 10.3. The summed E-state index contributed by atoms with van der Waals surface area (Å²) in [5, 5.41) is 4.53. The van der Waals surface area contributed by atoms with Crippen LogP contribution in [-0.4, -0.2) is 106 Å². The van der Waals surface area contributed by atoms with Gasteiger partial charge in [0.1, 0.15) is 35.4 Å². The highest BCUT2D eigenvalue weighted by Gasteiger charge is 2.45. The third-order valence-electron chi connectivity index (χ3n) is 12.2. The Morgan fingerprint density at radius 3 is 2.61 bits per heavy atom. The normalized spacial score (nSPS) is 21.6. The lowest BCUT2D eigenvalue weighted by molar-refractivity contribution is -0.172. The van der Waals surface area contributed by atoms with Crippen molar-refractivity contribution in [2.75, 3.05) is 50.8 Å². The van der Waals surface area contributed by atoms with Crippen LogP contribution in [0, 0.1) is 5.82 Å². The topological polar surface area (TPSA) is 122 Å². The van der Waals surface area contributed by atoms with Gasteiger partial charge in [0.15, 0.2) is 5.82 Å². The van der Waals surface area contributed by atoms with E-state index in [-0.39, 0.29) is 47.2 Å². The van der Waals surface area contributed by atoms with Gasteiger partial charge in [-0.15, -0.1) is 0 Å². The van der Waals surface area contributed by atoms with E-state index in [9.17, 15) is 22.8 Å². The summed E-state index contributed by atoms with van der Waals surface area (Å²) in [6.45, 7) is 7.41. The summed E-state index contributed by atoms with van der Waals surface area (Å²) in [6.07, 6.45) is 1.48. The highest BCUT2D eigenvalue weighted by atomic mass is 19.4. The number of nitrogens with zero attached hydrogens (tertiary/aromatic N) is 6. The minimum absolute atomic E-state index is 0.0194.